The van der Waals surface area contributed by atoms with Crippen molar-refractivity contribution >= 4 is 17.5 Å². The first-order valence-corrected chi connectivity index (χ1v) is 8.62. The van der Waals surface area contributed by atoms with Gasteiger partial charge in [-0.15, -0.1) is 0 Å². The Bertz CT molecular complexity index is 847. The quantitative estimate of drug-likeness (QED) is 0.865. The Balaban J connectivity index is 1.47. The van der Waals surface area contributed by atoms with Gasteiger partial charge in [-0.1, -0.05) is 6.07 Å². The molecule has 1 aliphatic carbocycles. The molecule has 0 spiro atoms. The molecule has 0 radical (unpaired) electrons. The lowest BCUT2D eigenvalue weighted by molar-refractivity contribution is -0.118. The van der Waals surface area contributed by atoms with Gasteiger partial charge in [0.15, 0.2) is 18.1 Å². The summed E-state index contributed by atoms with van der Waals surface area (Å²) < 4.78 is 13.1. The maximum Gasteiger partial charge on any atom is 0.262 e. The van der Waals surface area contributed by atoms with Gasteiger partial charge in [0.1, 0.15) is 6.10 Å². The van der Waals surface area contributed by atoms with Crippen molar-refractivity contribution in [3.8, 4) is 11.5 Å². The van der Waals surface area contributed by atoms with Crippen molar-refractivity contribution < 1.29 is 19.1 Å². The van der Waals surface area contributed by atoms with Crippen LogP contribution in [0.2, 0.25) is 0 Å². The van der Waals surface area contributed by atoms with Crippen LogP contribution >= 0.6 is 0 Å². The molecule has 0 bridgehead atoms. The van der Waals surface area contributed by atoms with E-state index in [0.29, 0.717) is 22.7 Å². The molecule has 2 N–H and O–H groups in total. The van der Waals surface area contributed by atoms with Crippen molar-refractivity contribution in [3.05, 3.63) is 36.2 Å². The molecular weight excluding hydrogens is 336 g/mol. The molecule has 136 valence electrons. The molecule has 26 heavy (non-hydrogen) atoms. The smallest absolute Gasteiger partial charge is 0.262 e. The number of rotatable bonds is 4. The molecule has 4 rings (SSSR count). The normalized spacial score (nSPS) is 21.5. The largest absolute Gasteiger partial charge is 0.485 e. The van der Waals surface area contributed by atoms with Crippen molar-refractivity contribution in [1.82, 2.24) is 15.1 Å². The van der Waals surface area contributed by atoms with Crippen LogP contribution in [0.1, 0.15) is 29.6 Å². The van der Waals surface area contributed by atoms with Crippen molar-refractivity contribution in [3.63, 3.8) is 0 Å². The number of ether oxygens (including phenoxy) is 2. The predicted molar refractivity (Wildman–Crippen MR) is 93.3 cm³/mol. The van der Waals surface area contributed by atoms with Crippen LogP contribution < -0.4 is 20.1 Å². The highest BCUT2D eigenvalue weighted by molar-refractivity contribution is 6.03. The molecule has 1 aliphatic heterocycles. The van der Waals surface area contributed by atoms with Crippen LogP contribution in [0.4, 0.5) is 5.69 Å². The van der Waals surface area contributed by atoms with Gasteiger partial charge in [0.05, 0.1) is 29.7 Å². The molecular formula is C18H20N4O4. The van der Waals surface area contributed by atoms with E-state index in [0.717, 1.165) is 19.3 Å². The Morgan fingerprint density at radius 3 is 3.12 bits per heavy atom. The highest BCUT2D eigenvalue weighted by atomic mass is 16.5. The fraction of sp³-hybridized carbons (Fsp3) is 0.389. The summed E-state index contributed by atoms with van der Waals surface area (Å²) in [6.07, 6.45) is 6.09. The van der Waals surface area contributed by atoms with Gasteiger partial charge in [-0.3, -0.25) is 14.3 Å². The van der Waals surface area contributed by atoms with E-state index < -0.39 is 0 Å². The van der Waals surface area contributed by atoms with Gasteiger partial charge >= 0.3 is 0 Å². The SMILES string of the molecule is Cn1cc(O[C@@H]2CCC[C@@H]2NC(=O)c2cccc3c2OCC(=O)N3)cn1. The topological polar surface area (TPSA) is 94.5 Å². The third kappa shape index (κ3) is 3.22. The molecule has 2 atom stereocenters. The average molecular weight is 356 g/mol. The Morgan fingerprint density at radius 1 is 1.42 bits per heavy atom. The Labute approximate surface area is 150 Å². The first-order chi connectivity index (χ1) is 12.6. The number of fused-ring (bicyclic) bond motifs is 1. The standard InChI is InChI=1S/C18H20N4O4/c1-22-9-11(8-19-22)26-15-7-3-5-13(15)21-18(24)12-4-2-6-14-17(12)25-10-16(23)20-14/h2,4,6,8-9,13,15H,3,5,7,10H2,1H3,(H,20,23)(H,21,24)/t13-,15+/m0/s1. The van der Waals surface area contributed by atoms with E-state index in [1.165, 1.54) is 0 Å². The van der Waals surface area contributed by atoms with Gasteiger partial charge in [0, 0.05) is 7.05 Å². The number of aromatic nitrogens is 2. The summed E-state index contributed by atoms with van der Waals surface area (Å²) in [5.74, 6) is 0.648. The lowest BCUT2D eigenvalue weighted by atomic mass is 10.1. The second kappa shape index (κ2) is 6.70. The number of nitrogens with one attached hydrogen (secondary N) is 2. The molecule has 8 nitrogen and oxygen atoms in total. The van der Waals surface area contributed by atoms with Gasteiger partial charge in [-0.25, -0.2) is 0 Å². The minimum Gasteiger partial charge on any atom is -0.485 e. The highest BCUT2D eigenvalue weighted by Crippen LogP contribution is 2.32. The van der Waals surface area contributed by atoms with Crippen LogP contribution in [0.3, 0.4) is 0 Å². The van der Waals surface area contributed by atoms with Crippen LogP contribution in [0.15, 0.2) is 30.6 Å². The Kier molecular flexibility index (Phi) is 4.24. The first kappa shape index (κ1) is 16.4. The van der Waals surface area contributed by atoms with E-state index in [2.05, 4.69) is 15.7 Å². The summed E-state index contributed by atoms with van der Waals surface area (Å²) in [5, 5.41) is 9.86. The molecule has 2 aliphatic rings. The second-order valence-corrected chi connectivity index (χ2v) is 6.54. The van der Waals surface area contributed by atoms with Crippen LogP contribution in [0.5, 0.6) is 11.5 Å². The van der Waals surface area contributed by atoms with E-state index in [9.17, 15) is 9.59 Å². The summed E-state index contributed by atoms with van der Waals surface area (Å²) in [6, 6.07) is 5.04. The van der Waals surface area contributed by atoms with Crippen LogP contribution in [-0.2, 0) is 11.8 Å². The van der Waals surface area contributed by atoms with Crippen molar-refractivity contribution in [2.45, 2.75) is 31.4 Å². The summed E-state index contributed by atoms with van der Waals surface area (Å²) in [6.45, 7) is -0.0898. The third-order valence-electron chi connectivity index (χ3n) is 4.62. The van der Waals surface area contributed by atoms with E-state index >= 15 is 0 Å². The fourth-order valence-corrected chi connectivity index (χ4v) is 3.41. The van der Waals surface area contributed by atoms with Gasteiger partial charge in [0.25, 0.3) is 11.8 Å². The minimum absolute atomic E-state index is 0.0863. The van der Waals surface area contributed by atoms with Gasteiger partial charge in [-0.2, -0.15) is 5.10 Å². The lowest BCUT2D eigenvalue weighted by Gasteiger charge is -2.24. The van der Waals surface area contributed by atoms with E-state index in [1.54, 1.807) is 35.3 Å². The van der Waals surface area contributed by atoms with Crippen LogP contribution in [0.25, 0.3) is 0 Å². The number of nitrogens with zero attached hydrogens (tertiary/aromatic N) is 2. The Hall–Kier alpha value is -3.03. The minimum atomic E-state index is -0.232. The summed E-state index contributed by atoms with van der Waals surface area (Å²) in [7, 11) is 1.83. The van der Waals surface area contributed by atoms with E-state index in [4.69, 9.17) is 9.47 Å². The molecule has 2 amide bonds. The number of anilines is 1. The van der Waals surface area contributed by atoms with Gasteiger partial charge in [0.2, 0.25) is 0 Å². The summed E-state index contributed by atoms with van der Waals surface area (Å²) in [5.41, 5.74) is 0.929. The number of carbonyl (C=O) groups is 2. The number of aryl methyl sites for hydroxylation is 1. The lowest BCUT2D eigenvalue weighted by Crippen LogP contribution is -2.42. The molecule has 8 heteroatoms. The van der Waals surface area contributed by atoms with Crippen molar-refractivity contribution in [2.75, 3.05) is 11.9 Å². The molecule has 1 fully saturated rings. The molecule has 2 aromatic rings. The molecule has 0 saturated heterocycles. The molecule has 0 unspecified atom stereocenters. The molecule has 1 saturated carbocycles. The zero-order chi connectivity index (χ0) is 18.1. The van der Waals surface area contributed by atoms with E-state index in [1.807, 2.05) is 7.05 Å². The number of hydrogen-bond donors (Lipinski definition) is 2. The highest BCUT2D eigenvalue weighted by Gasteiger charge is 2.32. The molecule has 1 aromatic heterocycles. The zero-order valence-corrected chi connectivity index (χ0v) is 14.4. The van der Waals surface area contributed by atoms with Crippen LogP contribution in [-0.4, -0.2) is 40.3 Å². The number of hydrogen-bond acceptors (Lipinski definition) is 5. The average Bonchev–Trinajstić information content (AvgIpc) is 3.23. The molecule has 1 aromatic carbocycles. The number of para-hydroxylation sites is 1. The summed E-state index contributed by atoms with van der Waals surface area (Å²) >= 11 is 0. The first-order valence-electron chi connectivity index (χ1n) is 8.62. The summed E-state index contributed by atoms with van der Waals surface area (Å²) in [4.78, 5) is 24.2. The van der Waals surface area contributed by atoms with Gasteiger partial charge in [-0.05, 0) is 31.4 Å². The zero-order valence-electron chi connectivity index (χ0n) is 14.4. The fourth-order valence-electron chi connectivity index (χ4n) is 3.41. The monoisotopic (exact) mass is 356 g/mol. The second-order valence-electron chi connectivity index (χ2n) is 6.54. The van der Waals surface area contributed by atoms with Crippen molar-refractivity contribution in [1.29, 1.82) is 0 Å². The number of benzene rings is 1. The number of carbonyl (C=O) groups excluding carboxylic acids is 2. The van der Waals surface area contributed by atoms with E-state index in [-0.39, 0.29) is 30.6 Å². The maximum atomic E-state index is 12.8. The number of amides is 2. The Morgan fingerprint density at radius 2 is 2.31 bits per heavy atom. The van der Waals surface area contributed by atoms with Crippen LogP contribution in [0, 0.1) is 0 Å². The predicted octanol–water partition coefficient (Wildman–Crippen LogP) is 1.48. The third-order valence-corrected chi connectivity index (χ3v) is 4.62. The maximum absolute atomic E-state index is 12.8. The molecule has 2 heterocycles. The van der Waals surface area contributed by atoms with Crippen molar-refractivity contribution in [2.24, 2.45) is 7.05 Å². The van der Waals surface area contributed by atoms with Gasteiger partial charge < -0.3 is 20.1 Å².